The summed E-state index contributed by atoms with van der Waals surface area (Å²) >= 11 is 0. The van der Waals surface area contributed by atoms with E-state index >= 15 is 0 Å². The minimum atomic E-state index is -4.12. The van der Waals surface area contributed by atoms with E-state index in [9.17, 15) is 31.1 Å². The van der Waals surface area contributed by atoms with Crippen LogP contribution in [0.25, 0.3) is 0 Å². The highest BCUT2D eigenvalue weighted by Crippen LogP contribution is 2.32. The number of carbonyl (C=O) groups is 1. The molecular weight excluding hydrogens is 366 g/mol. The number of anilines is 2. The van der Waals surface area contributed by atoms with Gasteiger partial charge in [0, 0.05) is 5.56 Å². The Morgan fingerprint density at radius 3 is 1.77 bits per heavy atom. The van der Waals surface area contributed by atoms with Gasteiger partial charge in [-0.15, -0.1) is 0 Å². The zero-order valence-corrected chi connectivity index (χ0v) is 13.3. The Hall–Kier alpha value is -2.91. The van der Waals surface area contributed by atoms with Gasteiger partial charge in [-0.1, -0.05) is 6.07 Å². The molecule has 26 heavy (non-hydrogen) atoms. The molecular formula is C16H14F6N2O2. The average Bonchev–Trinajstić information content (AvgIpc) is 2.57. The average molecular weight is 380 g/mol. The van der Waals surface area contributed by atoms with Crippen LogP contribution < -0.4 is 11.5 Å². The van der Waals surface area contributed by atoms with Crippen LogP contribution in [0.5, 0.6) is 0 Å². The number of rotatable bonds is 3. The van der Waals surface area contributed by atoms with Gasteiger partial charge in [-0.2, -0.15) is 8.78 Å². The molecule has 2 aromatic rings. The molecule has 0 amide bonds. The minimum Gasteiger partial charge on any atom is -0.461 e. The maximum atomic E-state index is 13.4. The molecule has 0 radical (unpaired) electrons. The molecule has 0 saturated carbocycles. The van der Waals surface area contributed by atoms with Gasteiger partial charge < -0.3 is 16.2 Å². The molecule has 0 aromatic heterocycles. The van der Waals surface area contributed by atoms with Gasteiger partial charge in [0.1, 0.15) is 34.6 Å². The fourth-order valence-electron chi connectivity index (χ4n) is 1.62. The van der Waals surface area contributed by atoms with Crippen molar-refractivity contribution in [3.05, 3.63) is 59.2 Å². The molecule has 2 rings (SSSR count). The zero-order chi connectivity index (χ0) is 20.1. The van der Waals surface area contributed by atoms with Crippen LogP contribution in [-0.4, -0.2) is 12.6 Å². The maximum Gasteiger partial charge on any atom is 0.381 e. The van der Waals surface area contributed by atoms with E-state index < -0.39 is 52.1 Å². The molecule has 0 spiro atoms. The lowest BCUT2D eigenvalue weighted by molar-refractivity contribution is -0.173. The first-order valence-corrected chi connectivity index (χ1v) is 7.01. The number of esters is 1. The summed E-state index contributed by atoms with van der Waals surface area (Å²) in [6, 6.07) is 4.09. The van der Waals surface area contributed by atoms with Crippen molar-refractivity contribution < 1.29 is 35.9 Å². The first kappa shape index (κ1) is 21.1. The Bertz CT molecular complexity index is 755. The molecule has 10 heteroatoms. The Morgan fingerprint density at radius 1 is 0.962 bits per heavy atom. The second-order valence-electron chi connectivity index (χ2n) is 4.78. The normalized spacial score (nSPS) is 10.7. The van der Waals surface area contributed by atoms with Gasteiger partial charge in [-0.3, -0.25) is 0 Å². The fourth-order valence-corrected chi connectivity index (χ4v) is 1.62. The summed E-state index contributed by atoms with van der Waals surface area (Å²) in [5.74, 6) is -10.1. The lowest BCUT2D eigenvalue weighted by Gasteiger charge is -2.15. The van der Waals surface area contributed by atoms with Crippen molar-refractivity contribution in [2.45, 2.75) is 12.8 Å². The van der Waals surface area contributed by atoms with Gasteiger partial charge in [-0.05, 0) is 31.2 Å². The van der Waals surface area contributed by atoms with Crippen LogP contribution in [0.1, 0.15) is 12.5 Å². The maximum absolute atomic E-state index is 13.4. The second kappa shape index (κ2) is 8.45. The lowest BCUT2D eigenvalue weighted by atomic mass is 10.1. The first-order valence-electron chi connectivity index (χ1n) is 7.01. The molecule has 0 heterocycles. The molecule has 0 aliphatic heterocycles. The van der Waals surface area contributed by atoms with Crippen LogP contribution in [0.15, 0.2) is 30.3 Å². The number of halogens is 6. The predicted molar refractivity (Wildman–Crippen MR) is 82.1 cm³/mol. The SMILES string of the molecule is CCOC(=O)C(F)(F)c1cc(F)c(N)c(F)c1.Nc1c(F)cccc1F. The first-order chi connectivity index (χ1) is 12.0. The van der Waals surface area contributed by atoms with Crippen LogP contribution in [0.4, 0.5) is 37.7 Å². The molecule has 0 unspecified atom stereocenters. The summed E-state index contributed by atoms with van der Waals surface area (Å²) < 4.78 is 81.2. The number of carbonyl (C=O) groups excluding carboxylic acids is 1. The van der Waals surface area contributed by atoms with Crippen LogP contribution in [0, 0.1) is 23.3 Å². The van der Waals surface area contributed by atoms with Crippen LogP contribution in [0.3, 0.4) is 0 Å². The number of hydrogen-bond donors (Lipinski definition) is 2. The second-order valence-corrected chi connectivity index (χ2v) is 4.78. The summed E-state index contributed by atoms with van der Waals surface area (Å²) in [6.07, 6.45) is 0. The van der Waals surface area contributed by atoms with Gasteiger partial charge in [0.2, 0.25) is 0 Å². The smallest absolute Gasteiger partial charge is 0.381 e. The summed E-state index contributed by atoms with van der Waals surface area (Å²) in [4.78, 5) is 10.9. The highest BCUT2D eigenvalue weighted by molar-refractivity contribution is 5.79. The summed E-state index contributed by atoms with van der Waals surface area (Å²) in [5.41, 5.74) is 7.41. The van der Waals surface area contributed by atoms with Crippen molar-refractivity contribution in [1.82, 2.24) is 0 Å². The lowest BCUT2D eigenvalue weighted by Crippen LogP contribution is -2.28. The summed E-state index contributed by atoms with van der Waals surface area (Å²) in [7, 11) is 0. The van der Waals surface area contributed by atoms with Crippen molar-refractivity contribution in [2.24, 2.45) is 0 Å². The molecule has 2 aromatic carbocycles. The number of hydrogen-bond acceptors (Lipinski definition) is 4. The number of benzene rings is 2. The van der Waals surface area contributed by atoms with Gasteiger partial charge in [-0.25, -0.2) is 22.4 Å². The fraction of sp³-hybridized carbons (Fsp3) is 0.188. The molecule has 4 N–H and O–H groups in total. The van der Waals surface area contributed by atoms with Crippen molar-refractivity contribution >= 4 is 17.3 Å². The van der Waals surface area contributed by atoms with Crippen LogP contribution >= 0.6 is 0 Å². The van der Waals surface area contributed by atoms with Crippen molar-refractivity contribution in [2.75, 3.05) is 18.1 Å². The molecule has 0 fully saturated rings. The summed E-state index contributed by atoms with van der Waals surface area (Å²) in [5, 5.41) is 0. The minimum absolute atomic E-state index is 0.269. The Morgan fingerprint density at radius 2 is 1.38 bits per heavy atom. The largest absolute Gasteiger partial charge is 0.461 e. The van der Waals surface area contributed by atoms with E-state index in [1.54, 1.807) is 0 Å². The molecule has 0 atom stereocenters. The number of nitrogen functional groups attached to an aromatic ring is 2. The third-order valence-electron chi connectivity index (χ3n) is 2.97. The van der Waals surface area contributed by atoms with E-state index in [1.165, 1.54) is 13.0 Å². The van der Waals surface area contributed by atoms with Gasteiger partial charge >= 0.3 is 11.9 Å². The van der Waals surface area contributed by atoms with E-state index in [0.29, 0.717) is 12.1 Å². The molecule has 0 aliphatic carbocycles. The predicted octanol–water partition coefficient (Wildman–Crippen LogP) is 3.75. The third-order valence-corrected chi connectivity index (χ3v) is 2.97. The number of alkyl halides is 2. The van der Waals surface area contributed by atoms with Crippen LogP contribution in [-0.2, 0) is 15.5 Å². The molecule has 0 aliphatic rings. The molecule has 4 nitrogen and oxygen atoms in total. The van der Waals surface area contributed by atoms with Crippen molar-refractivity contribution in [3.8, 4) is 0 Å². The van der Waals surface area contributed by atoms with E-state index in [0.717, 1.165) is 12.1 Å². The standard InChI is InChI=1S/C10H9F4NO2.C6H5F2N/c1-2-17-9(16)10(13,14)5-3-6(11)8(15)7(12)4-5;7-4-2-1-3-5(8)6(4)9/h3-4H,2,15H2,1H3;1-3H,9H2. The van der Waals surface area contributed by atoms with Gasteiger partial charge in [0.05, 0.1) is 6.61 Å². The van der Waals surface area contributed by atoms with Crippen LogP contribution in [0.2, 0.25) is 0 Å². The van der Waals surface area contributed by atoms with Gasteiger partial charge in [0.25, 0.3) is 0 Å². The zero-order valence-electron chi connectivity index (χ0n) is 13.3. The Balaban J connectivity index is 0.000000314. The molecule has 142 valence electrons. The van der Waals surface area contributed by atoms with Crippen molar-refractivity contribution in [1.29, 1.82) is 0 Å². The highest BCUT2D eigenvalue weighted by atomic mass is 19.3. The van der Waals surface area contributed by atoms with E-state index in [4.69, 9.17) is 11.5 Å². The number of nitrogens with two attached hydrogens (primary N) is 2. The topological polar surface area (TPSA) is 78.3 Å². The molecule has 0 bridgehead atoms. The quantitative estimate of drug-likeness (QED) is 0.483. The van der Waals surface area contributed by atoms with Crippen molar-refractivity contribution in [3.63, 3.8) is 0 Å². The highest BCUT2D eigenvalue weighted by Gasteiger charge is 2.43. The summed E-state index contributed by atoms with van der Waals surface area (Å²) in [6.45, 7) is 1.06. The van der Waals surface area contributed by atoms with E-state index in [1.807, 2.05) is 0 Å². The number of ether oxygens (including phenoxy) is 1. The van der Waals surface area contributed by atoms with E-state index in [2.05, 4.69) is 4.74 Å². The Kier molecular flexibility index (Phi) is 6.87. The van der Waals surface area contributed by atoms with Gasteiger partial charge in [0.15, 0.2) is 0 Å². The third kappa shape index (κ3) is 4.80. The Labute approximate surface area is 144 Å². The van der Waals surface area contributed by atoms with E-state index in [-0.39, 0.29) is 6.61 Å². The molecule has 0 saturated heterocycles. The monoisotopic (exact) mass is 380 g/mol. The number of para-hydroxylation sites is 1.